The first-order valence-electron chi connectivity index (χ1n) is 8.06. The summed E-state index contributed by atoms with van der Waals surface area (Å²) in [5.41, 5.74) is 0.448. The third kappa shape index (κ3) is 4.58. The third-order valence-corrected chi connectivity index (χ3v) is 4.08. The van der Waals surface area contributed by atoms with Gasteiger partial charge in [-0.2, -0.15) is 0 Å². The molecular weight excluding hydrogens is 331 g/mol. The zero-order valence-electron chi connectivity index (χ0n) is 13.5. The number of rotatable bonds is 4. The van der Waals surface area contributed by atoms with Crippen LogP contribution in [0.5, 0.6) is 0 Å². The Morgan fingerprint density at radius 3 is 2.83 bits per heavy atom. The molecule has 1 aliphatic rings. The van der Waals surface area contributed by atoms with Gasteiger partial charge in [-0.05, 0) is 37.2 Å². The number of amides is 1. The van der Waals surface area contributed by atoms with E-state index in [1.54, 1.807) is 24.3 Å². The number of nitrogens with one attached hydrogen (secondary N) is 1. The second-order valence-electron chi connectivity index (χ2n) is 5.73. The first-order chi connectivity index (χ1) is 11.2. The number of carbonyl (C=O) groups excluding carboxylic acids is 1. The molecule has 2 aromatic rings. The van der Waals surface area contributed by atoms with Crippen LogP contribution in [0.15, 0.2) is 40.8 Å². The van der Waals surface area contributed by atoms with Gasteiger partial charge in [-0.1, -0.05) is 12.1 Å². The number of aryl methyl sites for hydroxylation is 1. The standard InChI is InChI=1S/C18H21FN2O2.ClH/c19-16-5-2-1-4-15(16)17-8-6-14(23-17)7-9-18(22)21-12-3-10-20-11-13-21;/h1-2,4-6,8,20H,3,7,9-13H2;1H. The number of hydrogen-bond acceptors (Lipinski definition) is 3. The van der Waals surface area contributed by atoms with Crippen LogP contribution < -0.4 is 5.32 Å². The molecule has 1 fully saturated rings. The highest BCUT2D eigenvalue weighted by Gasteiger charge is 2.16. The highest BCUT2D eigenvalue weighted by Crippen LogP contribution is 2.25. The summed E-state index contributed by atoms with van der Waals surface area (Å²) < 4.78 is 19.4. The Hall–Kier alpha value is -1.85. The first kappa shape index (κ1) is 18.5. The highest BCUT2D eigenvalue weighted by atomic mass is 35.5. The van der Waals surface area contributed by atoms with Crippen molar-refractivity contribution in [1.29, 1.82) is 0 Å². The van der Waals surface area contributed by atoms with E-state index in [9.17, 15) is 9.18 Å². The van der Waals surface area contributed by atoms with Crippen LogP contribution in [0.3, 0.4) is 0 Å². The van der Waals surface area contributed by atoms with Crippen molar-refractivity contribution in [1.82, 2.24) is 10.2 Å². The number of halogens is 2. The minimum atomic E-state index is -0.304. The van der Waals surface area contributed by atoms with Gasteiger partial charge in [0.15, 0.2) is 0 Å². The molecule has 4 nitrogen and oxygen atoms in total. The van der Waals surface area contributed by atoms with Crippen molar-refractivity contribution < 1.29 is 13.6 Å². The summed E-state index contributed by atoms with van der Waals surface area (Å²) in [6.07, 6.45) is 1.95. The molecule has 130 valence electrons. The van der Waals surface area contributed by atoms with Crippen LogP contribution in [-0.4, -0.2) is 37.0 Å². The molecule has 0 saturated carbocycles. The summed E-state index contributed by atoms with van der Waals surface area (Å²) in [5.74, 6) is 1.06. The summed E-state index contributed by atoms with van der Waals surface area (Å²) in [7, 11) is 0. The highest BCUT2D eigenvalue weighted by molar-refractivity contribution is 5.85. The number of hydrogen-bond donors (Lipinski definition) is 1. The summed E-state index contributed by atoms with van der Waals surface area (Å²) in [5, 5.41) is 3.28. The van der Waals surface area contributed by atoms with Gasteiger partial charge in [-0.15, -0.1) is 12.4 Å². The summed E-state index contributed by atoms with van der Waals surface area (Å²) >= 11 is 0. The molecule has 0 aliphatic carbocycles. The molecule has 1 saturated heterocycles. The Morgan fingerprint density at radius 2 is 2.00 bits per heavy atom. The van der Waals surface area contributed by atoms with Gasteiger partial charge < -0.3 is 14.6 Å². The molecule has 1 amide bonds. The molecule has 1 aromatic carbocycles. The number of nitrogens with zero attached hydrogens (tertiary/aromatic N) is 1. The summed E-state index contributed by atoms with van der Waals surface area (Å²) in [4.78, 5) is 14.2. The van der Waals surface area contributed by atoms with Crippen molar-refractivity contribution in [3.8, 4) is 11.3 Å². The zero-order chi connectivity index (χ0) is 16.1. The van der Waals surface area contributed by atoms with Gasteiger partial charge >= 0.3 is 0 Å². The van der Waals surface area contributed by atoms with Gasteiger partial charge in [0.05, 0.1) is 5.56 Å². The Kier molecular flexibility index (Phi) is 6.82. The van der Waals surface area contributed by atoms with Crippen LogP contribution in [0.4, 0.5) is 4.39 Å². The lowest BCUT2D eigenvalue weighted by Gasteiger charge is -2.19. The van der Waals surface area contributed by atoms with Crippen molar-refractivity contribution in [2.75, 3.05) is 26.2 Å². The lowest BCUT2D eigenvalue weighted by atomic mass is 10.1. The first-order valence-corrected chi connectivity index (χ1v) is 8.06. The Bertz CT molecular complexity index is 667. The van der Waals surface area contributed by atoms with E-state index in [1.807, 2.05) is 11.0 Å². The molecule has 1 aliphatic heterocycles. The van der Waals surface area contributed by atoms with Gasteiger partial charge in [-0.25, -0.2) is 4.39 Å². The lowest BCUT2D eigenvalue weighted by molar-refractivity contribution is -0.131. The van der Waals surface area contributed by atoms with Crippen LogP contribution >= 0.6 is 12.4 Å². The molecule has 24 heavy (non-hydrogen) atoms. The molecule has 0 spiro atoms. The molecule has 6 heteroatoms. The van der Waals surface area contributed by atoms with Crippen LogP contribution in [0.25, 0.3) is 11.3 Å². The maximum atomic E-state index is 13.8. The van der Waals surface area contributed by atoms with E-state index in [0.717, 1.165) is 32.6 Å². The maximum Gasteiger partial charge on any atom is 0.223 e. The molecule has 3 rings (SSSR count). The van der Waals surface area contributed by atoms with E-state index in [0.29, 0.717) is 29.9 Å². The van der Waals surface area contributed by atoms with Gasteiger partial charge in [0.1, 0.15) is 17.3 Å². The largest absolute Gasteiger partial charge is 0.461 e. The van der Waals surface area contributed by atoms with E-state index in [4.69, 9.17) is 4.42 Å². The zero-order valence-corrected chi connectivity index (χ0v) is 14.3. The van der Waals surface area contributed by atoms with Crippen LogP contribution in [0.1, 0.15) is 18.6 Å². The normalized spacial score (nSPS) is 14.8. The fourth-order valence-electron chi connectivity index (χ4n) is 2.80. The Balaban J connectivity index is 0.00000208. The van der Waals surface area contributed by atoms with Crippen LogP contribution in [0, 0.1) is 5.82 Å². The molecular formula is C18H22ClFN2O2. The Labute approximate surface area is 147 Å². The van der Waals surface area contributed by atoms with Crippen molar-refractivity contribution in [2.24, 2.45) is 0 Å². The monoisotopic (exact) mass is 352 g/mol. The van der Waals surface area contributed by atoms with E-state index < -0.39 is 0 Å². The van der Waals surface area contributed by atoms with Gasteiger partial charge in [0, 0.05) is 32.5 Å². The van der Waals surface area contributed by atoms with Gasteiger partial charge in [-0.3, -0.25) is 4.79 Å². The number of carbonyl (C=O) groups is 1. The third-order valence-electron chi connectivity index (χ3n) is 4.08. The molecule has 2 heterocycles. The van der Waals surface area contributed by atoms with Crippen molar-refractivity contribution in [3.63, 3.8) is 0 Å². The smallest absolute Gasteiger partial charge is 0.223 e. The average molecular weight is 353 g/mol. The molecule has 0 bridgehead atoms. The second-order valence-corrected chi connectivity index (χ2v) is 5.73. The fourth-order valence-corrected chi connectivity index (χ4v) is 2.80. The molecule has 0 unspecified atom stereocenters. The fraction of sp³-hybridized carbons (Fsp3) is 0.389. The predicted molar refractivity (Wildman–Crippen MR) is 93.7 cm³/mol. The van der Waals surface area contributed by atoms with E-state index >= 15 is 0 Å². The molecule has 1 aromatic heterocycles. The van der Waals surface area contributed by atoms with E-state index in [1.165, 1.54) is 6.07 Å². The predicted octanol–water partition coefficient (Wildman–Crippen LogP) is 3.26. The van der Waals surface area contributed by atoms with Crippen molar-refractivity contribution in [3.05, 3.63) is 48.0 Å². The second kappa shape index (κ2) is 8.85. The topological polar surface area (TPSA) is 45.5 Å². The summed E-state index contributed by atoms with van der Waals surface area (Å²) in [6, 6.07) is 10.1. The average Bonchev–Trinajstić information content (AvgIpc) is 2.86. The minimum absolute atomic E-state index is 0. The molecule has 0 radical (unpaired) electrons. The molecule has 0 atom stereocenters. The van der Waals surface area contributed by atoms with Crippen molar-refractivity contribution >= 4 is 18.3 Å². The molecule has 1 N–H and O–H groups in total. The van der Waals surface area contributed by atoms with E-state index in [-0.39, 0.29) is 24.1 Å². The number of benzene rings is 1. The Morgan fingerprint density at radius 1 is 1.17 bits per heavy atom. The van der Waals surface area contributed by atoms with Crippen LogP contribution in [-0.2, 0) is 11.2 Å². The van der Waals surface area contributed by atoms with E-state index in [2.05, 4.69) is 5.32 Å². The SMILES string of the molecule is Cl.O=C(CCc1ccc(-c2ccccc2F)o1)N1CCCNCC1. The quantitative estimate of drug-likeness (QED) is 0.918. The number of furan rings is 1. The lowest BCUT2D eigenvalue weighted by Crippen LogP contribution is -2.34. The van der Waals surface area contributed by atoms with Crippen molar-refractivity contribution in [2.45, 2.75) is 19.3 Å². The van der Waals surface area contributed by atoms with Gasteiger partial charge in [0.2, 0.25) is 5.91 Å². The minimum Gasteiger partial charge on any atom is -0.461 e. The maximum absolute atomic E-state index is 13.8. The van der Waals surface area contributed by atoms with Gasteiger partial charge in [0.25, 0.3) is 0 Å². The summed E-state index contributed by atoms with van der Waals surface area (Å²) in [6.45, 7) is 3.39. The van der Waals surface area contributed by atoms with Crippen LogP contribution in [0.2, 0.25) is 0 Å².